The third-order valence-corrected chi connectivity index (χ3v) is 7.58. The quantitative estimate of drug-likeness (QED) is 0.823. The van der Waals surface area contributed by atoms with Crippen molar-refractivity contribution in [2.75, 3.05) is 24.5 Å². The summed E-state index contributed by atoms with van der Waals surface area (Å²) in [5.74, 6) is 2.72. The highest BCUT2D eigenvalue weighted by molar-refractivity contribution is 5.96. The van der Waals surface area contributed by atoms with Gasteiger partial charge < -0.3 is 15.3 Å². The molecule has 156 valence electrons. The summed E-state index contributed by atoms with van der Waals surface area (Å²) in [4.78, 5) is 24.5. The minimum atomic E-state index is -0.789. The van der Waals surface area contributed by atoms with Crippen LogP contribution in [-0.2, 0) is 12.0 Å². The van der Waals surface area contributed by atoms with Crippen LogP contribution in [0.15, 0.2) is 30.3 Å². The SMILES string of the molecule is O=C1NCCc2c1nc(C1CC1)nc2N1C[C@@H]2CCC[C@@](O)(c3ccccc3)[C@@H]2C1. The van der Waals surface area contributed by atoms with E-state index < -0.39 is 5.60 Å². The Morgan fingerprint density at radius 3 is 2.73 bits per heavy atom. The van der Waals surface area contributed by atoms with Gasteiger partial charge in [-0.05, 0) is 50.0 Å². The normalized spacial score (nSPS) is 30.6. The summed E-state index contributed by atoms with van der Waals surface area (Å²) >= 11 is 0. The van der Waals surface area contributed by atoms with Crippen LogP contribution < -0.4 is 10.2 Å². The minimum absolute atomic E-state index is 0.0702. The standard InChI is InChI=1S/C24H28N4O2/c29-23-20-18(10-12-25-23)22(27-21(26-20)15-8-9-15)28-13-16-5-4-11-24(30,19(16)14-28)17-6-2-1-3-7-17/h1-3,6-7,15-16,19,30H,4-5,8-14H2,(H,25,29)/t16-,19+,24+/m0/s1. The van der Waals surface area contributed by atoms with Crippen LogP contribution in [0.2, 0.25) is 0 Å². The molecule has 0 spiro atoms. The van der Waals surface area contributed by atoms with E-state index >= 15 is 0 Å². The number of aromatic nitrogens is 2. The number of nitrogens with zero attached hydrogens (tertiary/aromatic N) is 3. The number of hydrogen-bond acceptors (Lipinski definition) is 5. The van der Waals surface area contributed by atoms with Gasteiger partial charge in [0.2, 0.25) is 0 Å². The van der Waals surface area contributed by atoms with E-state index in [0.717, 1.165) is 74.4 Å². The van der Waals surface area contributed by atoms with Crippen molar-refractivity contribution in [1.82, 2.24) is 15.3 Å². The van der Waals surface area contributed by atoms with Crippen molar-refractivity contribution in [3.05, 3.63) is 53.0 Å². The first-order chi connectivity index (χ1) is 14.6. The number of nitrogens with one attached hydrogen (secondary N) is 1. The number of anilines is 1. The predicted octanol–water partition coefficient (Wildman–Crippen LogP) is 2.76. The van der Waals surface area contributed by atoms with Crippen LogP contribution in [0.25, 0.3) is 0 Å². The van der Waals surface area contributed by atoms with Gasteiger partial charge in [-0.15, -0.1) is 0 Å². The van der Waals surface area contributed by atoms with Gasteiger partial charge in [0.1, 0.15) is 17.3 Å². The van der Waals surface area contributed by atoms with Crippen LogP contribution in [0, 0.1) is 11.8 Å². The number of aliphatic hydroxyl groups is 1. The third-order valence-electron chi connectivity index (χ3n) is 7.58. The Labute approximate surface area is 176 Å². The number of rotatable bonds is 3. The van der Waals surface area contributed by atoms with E-state index in [1.807, 2.05) is 18.2 Å². The summed E-state index contributed by atoms with van der Waals surface area (Å²) in [6, 6.07) is 10.2. The Balaban J connectivity index is 1.38. The lowest BCUT2D eigenvalue weighted by Gasteiger charge is -2.41. The van der Waals surface area contributed by atoms with Crippen LogP contribution in [0.1, 0.15) is 65.5 Å². The lowest BCUT2D eigenvalue weighted by Crippen LogP contribution is -2.42. The molecule has 2 N–H and O–H groups in total. The molecule has 2 aliphatic heterocycles. The summed E-state index contributed by atoms with van der Waals surface area (Å²) in [6.45, 7) is 2.32. The molecule has 2 saturated carbocycles. The second kappa shape index (κ2) is 6.77. The minimum Gasteiger partial charge on any atom is -0.385 e. The van der Waals surface area contributed by atoms with Crippen LogP contribution in [0.4, 0.5) is 5.82 Å². The predicted molar refractivity (Wildman–Crippen MR) is 113 cm³/mol. The highest BCUT2D eigenvalue weighted by Crippen LogP contribution is 2.49. The second-order valence-electron chi connectivity index (χ2n) is 9.47. The highest BCUT2D eigenvalue weighted by Gasteiger charge is 2.50. The van der Waals surface area contributed by atoms with Crippen molar-refractivity contribution < 1.29 is 9.90 Å². The van der Waals surface area contributed by atoms with E-state index in [1.54, 1.807) is 0 Å². The molecule has 2 aliphatic carbocycles. The first-order valence-electron chi connectivity index (χ1n) is 11.4. The number of benzene rings is 1. The summed E-state index contributed by atoms with van der Waals surface area (Å²) in [5, 5.41) is 14.7. The van der Waals surface area contributed by atoms with Gasteiger partial charge in [-0.25, -0.2) is 9.97 Å². The number of fused-ring (bicyclic) bond motifs is 2. The topological polar surface area (TPSA) is 78.4 Å². The first kappa shape index (κ1) is 18.3. The smallest absolute Gasteiger partial charge is 0.270 e. The van der Waals surface area contributed by atoms with E-state index in [4.69, 9.17) is 4.98 Å². The largest absolute Gasteiger partial charge is 0.385 e. The zero-order valence-corrected chi connectivity index (χ0v) is 17.2. The van der Waals surface area contributed by atoms with Crippen molar-refractivity contribution in [2.45, 2.75) is 50.0 Å². The van der Waals surface area contributed by atoms with E-state index in [2.05, 4.69) is 27.3 Å². The highest BCUT2D eigenvalue weighted by atomic mass is 16.3. The average molecular weight is 405 g/mol. The second-order valence-corrected chi connectivity index (χ2v) is 9.47. The molecule has 30 heavy (non-hydrogen) atoms. The summed E-state index contributed by atoms with van der Waals surface area (Å²) < 4.78 is 0. The number of hydrogen-bond donors (Lipinski definition) is 2. The Kier molecular flexibility index (Phi) is 4.13. The van der Waals surface area contributed by atoms with Crippen molar-refractivity contribution in [2.24, 2.45) is 11.8 Å². The molecule has 1 saturated heterocycles. The van der Waals surface area contributed by atoms with Crippen molar-refractivity contribution >= 4 is 11.7 Å². The molecular formula is C24H28N4O2. The zero-order chi connectivity index (χ0) is 20.3. The molecule has 2 aromatic rings. The van der Waals surface area contributed by atoms with Crippen molar-refractivity contribution in [1.29, 1.82) is 0 Å². The fourth-order valence-corrected chi connectivity index (χ4v) is 5.86. The van der Waals surface area contributed by atoms with Crippen molar-refractivity contribution in [3.63, 3.8) is 0 Å². The maximum absolute atomic E-state index is 12.5. The fourth-order valence-electron chi connectivity index (χ4n) is 5.86. The molecule has 0 bridgehead atoms. The molecule has 3 heterocycles. The van der Waals surface area contributed by atoms with Gasteiger partial charge in [-0.2, -0.15) is 0 Å². The van der Waals surface area contributed by atoms with E-state index in [0.29, 0.717) is 24.1 Å². The summed E-state index contributed by atoms with van der Waals surface area (Å²) in [6.07, 6.45) is 5.98. The van der Waals surface area contributed by atoms with Gasteiger partial charge >= 0.3 is 0 Å². The Morgan fingerprint density at radius 2 is 1.93 bits per heavy atom. The van der Waals surface area contributed by atoms with Gasteiger partial charge in [0.05, 0.1) is 5.60 Å². The van der Waals surface area contributed by atoms with Crippen LogP contribution in [0.3, 0.4) is 0 Å². The first-order valence-corrected chi connectivity index (χ1v) is 11.4. The Bertz CT molecular complexity index is 990. The lowest BCUT2D eigenvalue weighted by atomic mass is 9.67. The number of carbonyl (C=O) groups is 1. The zero-order valence-electron chi connectivity index (χ0n) is 17.2. The fraction of sp³-hybridized carbons (Fsp3) is 0.542. The Morgan fingerprint density at radius 1 is 1.10 bits per heavy atom. The average Bonchev–Trinajstić information content (AvgIpc) is 3.53. The van der Waals surface area contributed by atoms with E-state index in [-0.39, 0.29) is 11.8 Å². The third kappa shape index (κ3) is 2.84. The molecule has 0 radical (unpaired) electrons. The number of carbonyl (C=O) groups excluding carboxylic acids is 1. The molecule has 3 fully saturated rings. The molecule has 0 unspecified atom stereocenters. The Hall–Kier alpha value is -2.47. The summed E-state index contributed by atoms with van der Waals surface area (Å²) in [7, 11) is 0. The van der Waals surface area contributed by atoms with Gasteiger partial charge in [-0.1, -0.05) is 30.3 Å². The molecule has 1 aromatic heterocycles. The van der Waals surface area contributed by atoms with Gasteiger partial charge in [0.15, 0.2) is 0 Å². The molecule has 6 heteroatoms. The molecule has 4 aliphatic rings. The summed E-state index contributed by atoms with van der Waals surface area (Å²) in [5.41, 5.74) is 1.80. The lowest BCUT2D eigenvalue weighted by molar-refractivity contribution is -0.0631. The monoisotopic (exact) mass is 404 g/mol. The van der Waals surface area contributed by atoms with Gasteiger partial charge in [0, 0.05) is 37.0 Å². The molecular weight excluding hydrogens is 376 g/mol. The van der Waals surface area contributed by atoms with Crippen LogP contribution >= 0.6 is 0 Å². The van der Waals surface area contributed by atoms with Gasteiger partial charge in [-0.3, -0.25) is 4.79 Å². The van der Waals surface area contributed by atoms with Crippen LogP contribution in [0.5, 0.6) is 0 Å². The molecule has 1 amide bonds. The van der Waals surface area contributed by atoms with Gasteiger partial charge in [0.25, 0.3) is 5.91 Å². The molecule has 6 rings (SSSR count). The molecule has 1 aromatic carbocycles. The van der Waals surface area contributed by atoms with Crippen LogP contribution in [-0.4, -0.2) is 40.6 Å². The molecule has 3 atom stereocenters. The van der Waals surface area contributed by atoms with E-state index in [1.165, 1.54) is 0 Å². The maximum atomic E-state index is 12.5. The van der Waals surface area contributed by atoms with E-state index in [9.17, 15) is 9.90 Å². The van der Waals surface area contributed by atoms with Crippen molar-refractivity contribution in [3.8, 4) is 0 Å². The molecule has 6 nitrogen and oxygen atoms in total. The maximum Gasteiger partial charge on any atom is 0.270 e. The number of amides is 1.